The molecular formula is C11H13NO4. The molecule has 0 aliphatic carbocycles. The molecule has 5 nitrogen and oxygen atoms in total. The van der Waals surface area contributed by atoms with E-state index in [4.69, 9.17) is 9.47 Å². The first-order chi connectivity index (χ1) is 7.69. The summed E-state index contributed by atoms with van der Waals surface area (Å²) >= 11 is 0. The lowest BCUT2D eigenvalue weighted by molar-refractivity contribution is -0.400. The van der Waals surface area contributed by atoms with Crippen LogP contribution < -0.4 is 9.47 Å². The normalized spacial score (nSPS) is 10.4. The zero-order chi connectivity index (χ0) is 12.0. The van der Waals surface area contributed by atoms with Crippen molar-refractivity contribution >= 4 is 6.08 Å². The SMILES string of the molecule is CCOc1c(C=C[N+](=O)[O-])cccc1OC. The quantitative estimate of drug-likeness (QED) is 0.567. The summed E-state index contributed by atoms with van der Waals surface area (Å²) in [6.45, 7) is 2.31. The summed E-state index contributed by atoms with van der Waals surface area (Å²) in [5.41, 5.74) is 0.623. The third-order valence-corrected chi connectivity index (χ3v) is 1.89. The van der Waals surface area contributed by atoms with Gasteiger partial charge < -0.3 is 9.47 Å². The highest BCUT2D eigenvalue weighted by atomic mass is 16.6. The summed E-state index contributed by atoms with van der Waals surface area (Å²) in [7, 11) is 1.53. The smallest absolute Gasteiger partial charge is 0.235 e. The maximum atomic E-state index is 10.2. The molecule has 0 N–H and O–H groups in total. The summed E-state index contributed by atoms with van der Waals surface area (Å²) in [4.78, 5) is 9.72. The largest absolute Gasteiger partial charge is 0.493 e. The summed E-state index contributed by atoms with van der Waals surface area (Å²) in [6.07, 6.45) is 2.25. The molecule has 0 heterocycles. The van der Waals surface area contributed by atoms with Gasteiger partial charge in [-0.05, 0) is 13.0 Å². The van der Waals surface area contributed by atoms with Gasteiger partial charge in [-0.1, -0.05) is 12.1 Å². The third kappa shape index (κ3) is 2.98. The molecule has 0 aliphatic rings. The van der Waals surface area contributed by atoms with Crippen LogP contribution in [0.25, 0.3) is 6.08 Å². The first-order valence-corrected chi connectivity index (χ1v) is 4.80. The maximum Gasteiger partial charge on any atom is 0.235 e. The van der Waals surface area contributed by atoms with Gasteiger partial charge in [0.25, 0.3) is 0 Å². The number of nitrogens with zero attached hydrogens (tertiary/aromatic N) is 1. The molecule has 0 atom stereocenters. The summed E-state index contributed by atoms with van der Waals surface area (Å²) in [5.74, 6) is 1.08. The molecule has 0 saturated heterocycles. The fourth-order valence-electron chi connectivity index (χ4n) is 1.26. The number of ether oxygens (including phenoxy) is 2. The van der Waals surface area contributed by atoms with Crippen LogP contribution in [0.2, 0.25) is 0 Å². The van der Waals surface area contributed by atoms with E-state index in [9.17, 15) is 10.1 Å². The summed E-state index contributed by atoms with van der Waals surface area (Å²) < 4.78 is 10.5. The zero-order valence-electron chi connectivity index (χ0n) is 9.17. The van der Waals surface area contributed by atoms with Gasteiger partial charge in [0.05, 0.1) is 18.6 Å². The average molecular weight is 223 g/mol. The Kier molecular flexibility index (Phi) is 4.32. The van der Waals surface area contributed by atoms with E-state index in [1.54, 1.807) is 18.2 Å². The van der Waals surface area contributed by atoms with Crippen molar-refractivity contribution in [2.45, 2.75) is 6.92 Å². The van der Waals surface area contributed by atoms with Crippen LogP contribution in [0, 0.1) is 10.1 Å². The number of hydrogen-bond donors (Lipinski definition) is 0. The highest BCUT2D eigenvalue weighted by molar-refractivity contribution is 5.61. The molecule has 0 fully saturated rings. The number of nitro groups is 1. The Morgan fingerprint density at radius 1 is 1.50 bits per heavy atom. The van der Waals surface area contributed by atoms with Gasteiger partial charge in [0.1, 0.15) is 0 Å². The molecule has 0 aliphatic heterocycles. The average Bonchev–Trinajstić information content (AvgIpc) is 2.27. The van der Waals surface area contributed by atoms with Gasteiger partial charge in [0, 0.05) is 11.6 Å². The first kappa shape index (κ1) is 12.0. The second-order valence-corrected chi connectivity index (χ2v) is 2.91. The van der Waals surface area contributed by atoms with E-state index in [-0.39, 0.29) is 0 Å². The van der Waals surface area contributed by atoms with Crippen LogP contribution in [0.1, 0.15) is 12.5 Å². The number of benzene rings is 1. The van der Waals surface area contributed by atoms with Crippen molar-refractivity contribution in [3.63, 3.8) is 0 Å². The van der Waals surface area contributed by atoms with Crippen LogP contribution in [-0.4, -0.2) is 18.6 Å². The van der Waals surface area contributed by atoms with E-state index in [2.05, 4.69) is 0 Å². The van der Waals surface area contributed by atoms with E-state index in [1.165, 1.54) is 13.2 Å². The highest BCUT2D eigenvalue weighted by Crippen LogP contribution is 2.31. The Morgan fingerprint density at radius 2 is 2.25 bits per heavy atom. The Morgan fingerprint density at radius 3 is 2.81 bits per heavy atom. The van der Waals surface area contributed by atoms with Crippen molar-refractivity contribution in [3.8, 4) is 11.5 Å². The minimum atomic E-state index is -0.519. The molecule has 1 aromatic carbocycles. The predicted octanol–water partition coefficient (Wildman–Crippen LogP) is 2.34. The maximum absolute atomic E-state index is 10.2. The number of hydrogen-bond acceptors (Lipinski definition) is 4. The molecule has 0 unspecified atom stereocenters. The minimum Gasteiger partial charge on any atom is -0.493 e. The Hall–Kier alpha value is -2.04. The van der Waals surface area contributed by atoms with Crippen LogP contribution in [0.3, 0.4) is 0 Å². The van der Waals surface area contributed by atoms with Crippen molar-refractivity contribution in [1.82, 2.24) is 0 Å². The standard InChI is InChI=1S/C11H13NO4/c1-3-16-11-9(7-8-12(13)14)5-4-6-10(11)15-2/h4-8H,3H2,1-2H3. The molecule has 0 spiro atoms. The number of para-hydroxylation sites is 1. The first-order valence-electron chi connectivity index (χ1n) is 4.80. The van der Waals surface area contributed by atoms with E-state index in [0.29, 0.717) is 23.7 Å². The van der Waals surface area contributed by atoms with Gasteiger partial charge in [-0.15, -0.1) is 0 Å². The molecule has 0 radical (unpaired) electrons. The lowest BCUT2D eigenvalue weighted by atomic mass is 10.2. The van der Waals surface area contributed by atoms with Crippen molar-refractivity contribution in [2.24, 2.45) is 0 Å². The summed E-state index contributed by atoms with van der Waals surface area (Å²) in [6, 6.07) is 5.23. The molecule has 1 rings (SSSR count). The predicted molar refractivity (Wildman–Crippen MR) is 60.2 cm³/mol. The Bertz CT molecular complexity index is 401. The van der Waals surface area contributed by atoms with E-state index in [1.807, 2.05) is 6.92 Å². The molecule has 16 heavy (non-hydrogen) atoms. The van der Waals surface area contributed by atoms with Gasteiger partial charge in [0.2, 0.25) is 6.20 Å². The van der Waals surface area contributed by atoms with Gasteiger partial charge >= 0.3 is 0 Å². The van der Waals surface area contributed by atoms with Crippen LogP contribution in [0.15, 0.2) is 24.4 Å². The van der Waals surface area contributed by atoms with Crippen LogP contribution in [-0.2, 0) is 0 Å². The Balaban J connectivity index is 3.10. The van der Waals surface area contributed by atoms with Gasteiger partial charge in [-0.25, -0.2) is 0 Å². The minimum absolute atomic E-state index is 0.472. The lowest BCUT2D eigenvalue weighted by Crippen LogP contribution is -1.97. The van der Waals surface area contributed by atoms with Gasteiger partial charge in [-0.2, -0.15) is 0 Å². The fraction of sp³-hybridized carbons (Fsp3) is 0.273. The molecule has 5 heteroatoms. The molecule has 1 aromatic rings. The van der Waals surface area contributed by atoms with E-state index >= 15 is 0 Å². The monoisotopic (exact) mass is 223 g/mol. The van der Waals surface area contributed by atoms with E-state index < -0.39 is 4.92 Å². The number of rotatable bonds is 5. The molecule has 0 amide bonds. The zero-order valence-corrected chi connectivity index (χ0v) is 9.17. The van der Waals surface area contributed by atoms with Crippen molar-refractivity contribution in [3.05, 3.63) is 40.1 Å². The molecule has 0 aromatic heterocycles. The molecular weight excluding hydrogens is 210 g/mol. The van der Waals surface area contributed by atoms with Crippen molar-refractivity contribution < 1.29 is 14.4 Å². The summed E-state index contributed by atoms with van der Waals surface area (Å²) in [5, 5.41) is 10.2. The van der Waals surface area contributed by atoms with Crippen LogP contribution in [0.5, 0.6) is 11.5 Å². The van der Waals surface area contributed by atoms with Gasteiger partial charge in [0.15, 0.2) is 11.5 Å². The van der Waals surface area contributed by atoms with Gasteiger partial charge in [-0.3, -0.25) is 10.1 Å². The third-order valence-electron chi connectivity index (χ3n) is 1.89. The second-order valence-electron chi connectivity index (χ2n) is 2.91. The van der Waals surface area contributed by atoms with Crippen molar-refractivity contribution in [1.29, 1.82) is 0 Å². The number of methoxy groups -OCH3 is 1. The molecule has 0 bridgehead atoms. The Labute approximate surface area is 93.4 Å². The highest BCUT2D eigenvalue weighted by Gasteiger charge is 2.08. The van der Waals surface area contributed by atoms with Crippen LogP contribution in [0.4, 0.5) is 0 Å². The topological polar surface area (TPSA) is 61.6 Å². The second kappa shape index (κ2) is 5.75. The lowest BCUT2D eigenvalue weighted by Gasteiger charge is -2.11. The van der Waals surface area contributed by atoms with E-state index in [0.717, 1.165) is 6.20 Å². The molecule has 0 saturated carbocycles. The van der Waals surface area contributed by atoms with Crippen molar-refractivity contribution in [2.75, 3.05) is 13.7 Å². The molecule has 86 valence electrons. The van der Waals surface area contributed by atoms with Crippen LogP contribution >= 0.6 is 0 Å². The fourth-order valence-corrected chi connectivity index (χ4v) is 1.26.